The molecule has 3 nitrogen and oxygen atoms in total. The van der Waals surface area contributed by atoms with Crippen molar-refractivity contribution in [2.45, 2.75) is 13.5 Å². The average molecular weight is 256 g/mol. The number of benzene rings is 1. The summed E-state index contributed by atoms with van der Waals surface area (Å²) in [5, 5.41) is 5.26. The molecule has 0 saturated carbocycles. The molecule has 0 aliphatic heterocycles. The van der Waals surface area contributed by atoms with E-state index in [1.54, 1.807) is 10.9 Å². The first kappa shape index (κ1) is 11.3. The first-order valence-electron chi connectivity index (χ1n) is 4.79. The topological polar surface area (TPSA) is 43.8 Å². The van der Waals surface area contributed by atoms with Crippen LogP contribution in [0, 0.1) is 6.92 Å². The van der Waals surface area contributed by atoms with E-state index in [1.807, 2.05) is 25.1 Å². The number of hydrogen-bond donors (Lipinski definition) is 1. The van der Waals surface area contributed by atoms with E-state index in [-0.39, 0.29) is 0 Å². The van der Waals surface area contributed by atoms with Crippen LogP contribution in [-0.4, -0.2) is 9.78 Å². The Labute approximate surface area is 104 Å². The molecule has 2 N–H and O–H groups in total. The van der Waals surface area contributed by atoms with Gasteiger partial charge in [-0.15, -0.1) is 0 Å². The summed E-state index contributed by atoms with van der Waals surface area (Å²) in [6.07, 6.45) is 1.69. The predicted octanol–water partition coefficient (Wildman–Crippen LogP) is 3.13. The maximum absolute atomic E-state index is 6.12. The summed E-state index contributed by atoms with van der Waals surface area (Å²) in [6, 6.07) is 5.91. The molecule has 0 atom stereocenters. The quantitative estimate of drug-likeness (QED) is 0.897. The van der Waals surface area contributed by atoms with Gasteiger partial charge in [0.05, 0.1) is 6.54 Å². The Morgan fingerprint density at radius 3 is 2.62 bits per heavy atom. The number of nitrogen functional groups attached to an aromatic ring is 1. The molecular formula is C11H11Cl2N3. The molecule has 1 aromatic heterocycles. The van der Waals surface area contributed by atoms with Gasteiger partial charge in [0.15, 0.2) is 5.82 Å². The summed E-state index contributed by atoms with van der Waals surface area (Å²) in [4.78, 5) is 0. The molecule has 0 aliphatic rings. The number of aromatic nitrogens is 2. The second-order valence-corrected chi connectivity index (χ2v) is 4.47. The average Bonchev–Trinajstić information content (AvgIpc) is 2.51. The van der Waals surface area contributed by atoms with Crippen LogP contribution < -0.4 is 5.73 Å². The zero-order valence-corrected chi connectivity index (χ0v) is 10.3. The van der Waals surface area contributed by atoms with E-state index >= 15 is 0 Å². The Hall–Kier alpha value is -1.19. The van der Waals surface area contributed by atoms with Crippen LogP contribution >= 0.6 is 23.2 Å². The minimum Gasteiger partial charge on any atom is -0.381 e. The van der Waals surface area contributed by atoms with Gasteiger partial charge in [0, 0.05) is 11.2 Å². The van der Waals surface area contributed by atoms with Crippen molar-refractivity contribution < 1.29 is 0 Å². The fourth-order valence-electron chi connectivity index (χ4n) is 1.45. The third kappa shape index (κ3) is 2.31. The summed E-state index contributed by atoms with van der Waals surface area (Å²) in [6.45, 7) is 2.56. The predicted molar refractivity (Wildman–Crippen MR) is 66.9 cm³/mol. The molecular weight excluding hydrogens is 245 g/mol. The number of rotatable bonds is 2. The maximum Gasteiger partial charge on any atom is 0.164 e. The van der Waals surface area contributed by atoms with Crippen molar-refractivity contribution in [2.75, 3.05) is 5.73 Å². The van der Waals surface area contributed by atoms with Gasteiger partial charge < -0.3 is 5.73 Å². The molecule has 2 aromatic rings. The van der Waals surface area contributed by atoms with Gasteiger partial charge in [0.1, 0.15) is 5.02 Å². The summed E-state index contributed by atoms with van der Waals surface area (Å²) in [5.41, 5.74) is 7.68. The van der Waals surface area contributed by atoms with Crippen LogP contribution in [-0.2, 0) is 6.54 Å². The molecule has 1 heterocycles. The van der Waals surface area contributed by atoms with E-state index in [0.29, 0.717) is 17.4 Å². The third-order valence-electron chi connectivity index (χ3n) is 2.28. The van der Waals surface area contributed by atoms with Crippen molar-refractivity contribution in [3.8, 4) is 0 Å². The molecule has 84 valence electrons. The van der Waals surface area contributed by atoms with Crippen LogP contribution in [0.15, 0.2) is 24.4 Å². The van der Waals surface area contributed by atoms with Crippen molar-refractivity contribution in [1.82, 2.24) is 9.78 Å². The van der Waals surface area contributed by atoms with E-state index in [1.165, 1.54) is 0 Å². The lowest BCUT2D eigenvalue weighted by Crippen LogP contribution is -2.01. The molecule has 0 spiro atoms. The van der Waals surface area contributed by atoms with Gasteiger partial charge in [-0.25, -0.2) is 0 Å². The van der Waals surface area contributed by atoms with Crippen molar-refractivity contribution in [3.05, 3.63) is 45.6 Å². The molecule has 16 heavy (non-hydrogen) atoms. The Balaban J connectivity index is 2.27. The lowest BCUT2D eigenvalue weighted by atomic mass is 10.1. The molecule has 2 rings (SSSR count). The minimum absolute atomic E-state index is 0.338. The molecule has 0 amide bonds. The summed E-state index contributed by atoms with van der Waals surface area (Å²) < 4.78 is 1.67. The Morgan fingerprint density at radius 2 is 2.06 bits per heavy atom. The number of anilines is 1. The molecule has 5 heteroatoms. The third-order valence-corrected chi connectivity index (χ3v) is 2.93. The van der Waals surface area contributed by atoms with E-state index in [9.17, 15) is 0 Å². The Kier molecular flexibility index (Phi) is 3.08. The van der Waals surface area contributed by atoms with Crippen molar-refractivity contribution in [3.63, 3.8) is 0 Å². The lowest BCUT2D eigenvalue weighted by molar-refractivity contribution is 0.690. The summed E-state index contributed by atoms with van der Waals surface area (Å²) in [7, 11) is 0. The highest BCUT2D eigenvalue weighted by atomic mass is 35.5. The van der Waals surface area contributed by atoms with Gasteiger partial charge >= 0.3 is 0 Å². The second-order valence-electron chi connectivity index (χ2n) is 3.65. The van der Waals surface area contributed by atoms with Crippen LogP contribution in [0.5, 0.6) is 0 Å². The monoisotopic (exact) mass is 255 g/mol. The molecule has 0 saturated heterocycles. The van der Waals surface area contributed by atoms with E-state index in [4.69, 9.17) is 28.9 Å². The number of nitrogens with two attached hydrogens (primary N) is 1. The second kappa shape index (κ2) is 4.36. The normalized spacial score (nSPS) is 10.7. The zero-order chi connectivity index (χ0) is 11.7. The van der Waals surface area contributed by atoms with Crippen LogP contribution in [0.25, 0.3) is 0 Å². The smallest absolute Gasteiger partial charge is 0.164 e. The summed E-state index contributed by atoms with van der Waals surface area (Å²) in [5.74, 6) is 0.338. The van der Waals surface area contributed by atoms with Crippen molar-refractivity contribution >= 4 is 29.0 Å². The number of hydrogen-bond acceptors (Lipinski definition) is 2. The zero-order valence-electron chi connectivity index (χ0n) is 8.74. The standard InChI is InChI=1S/C11H11Cl2N3/c1-7-2-3-8(9(12)4-7)5-16-6-10(13)11(14)15-16/h2-4,6H,5H2,1H3,(H2,14,15). The number of nitrogens with zero attached hydrogens (tertiary/aromatic N) is 2. The number of halogens is 2. The molecule has 0 fully saturated rings. The van der Waals surface area contributed by atoms with Crippen LogP contribution in [0.2, 0.25) is 10.0 Å². The van der Waals surface area contributed by atoms with Crippen LogP contribution in [0.3, 0.4) is 0 Å². The van der Waals surface area contributed by atoms with Gasteiger partial charge in [-0.3, -0.25) is 4.68 Å². The van der Waals surface area contributed by atoms with Gasteiger partial charge in [0.25, 0.3) is 0 Å². The van der Waals surface area contributed by atoms with E-state index < -0.39 is 0 Å². The highest BCUT2D eigenvalue weighted by Crippen LogP contribution is 2.21. The van der Waals surface area contributed by atoms with Gasteiger partial charge in [-0.05, 0) is 24.1 Å². The largest absolute Gasteiger partial charge is 0.381 e. The Bertz CT molecular complexity index is 500. The maximum atomic E-state index is 6.12. The molecule has 0 radical (unpaired) electrons. The first-order valence-corrected chi connectivity index (χ1v) is 5.55. The van der Waals surface area contributed by atoms with Crippen molar-refractivity contribution in [2.24, 2.45) is 0 Å². The highest BCUT2D eigenvalue weighted by Gasteiger charge is 2.05. The van der Waals surface area contributed by atoms with E-state index in [0.717, 1.165) is 16.1 Å². The first-order chi connectivity index (χ1) is 7.56. The lowest BCUT2D eigenvalue weighted by Gasteiger charge is -2.05. The summed E-state index contributed by atoms with van der Waals surface area (Å²) >= 11 is 11.9. The van der Waals surface area contributed by atoms with Gasteiger partial charge in [-0.1, -0.05) is 35.3 Å². The van der Waals surface area contributed by atoms with Crippen LogP contribution in [0.4, 0.5) is 5.82 Å². The van der Waals surface area contributed by atoms with Gasteiger partial charge in [0.2, 0.25) is 0 Å². The van der Waals surface area contributed by atoms with Crippen LogP contribution in [0.1, 0.15) is 11.1 Å². The molecule has 0 bridgehead atoms. The van der Waals surface area contributed by atoms with Gasteiger partial charge in [-0.2, -0.15) is 5.10 Å². The molecule has 1 aromatic carbocycles. The van der Waals surface area contributed by atoms with E-state index in [2.05, 4.69) is 5.10 Å². The Morgan fingerprint density at radius 1 is 1.31 bits per heavy atom. The fraction of sp³-hybridized carbons (Fsp3) is 0.182. The molecule has 0 aliphatic carbocycles. The van der Waals surface area contributed by atoms with Crippen molar-refractivity contribution in [1.29, 1.82) is 0 Å². The molecule has 0 unspecified atom stereocenters. The highest BCUT2D eigenvalue weighted by molar-refractivity contribution is 6.32. The minimum atomic E-state index is 0.338. The SMILES string of the molecule is Cc1ccc(Cn2cc(Cl)c(N)n2)c(Cl)c1. The fourth-order valence-corrected chi connectivity index (χ4v) is 1.89. The number of aryl methyl sites for hydroxylation is 1.